The van der Waals surface area contributed by atoms with Gasteiger partial charge >= 0.3 is 0 Å². The number of Topliss-reactive ketones (excluding diaryl/α,β-unsaturated/α-hetero) is 1. The Morgan fingerprint density at radius 2 is 1.85 bits per heavy atom. The molecule has 102 valence electrons. The fraction of sp³-hybridized carbons (Fsp3) is 0.0714. The highest BCUT2D eigenvalue weighted by atomic mass is 35.5. The molecule has 1 heterocycles. The van der Waals surface area contributed by atoms with E-state index in [1.165, 1.54) is 12.3 Å². The maximum atomic E-state index is 12.1. The molecule has 0 aliphatic carbocycles. The first kappa shape index (κ1) is 14.5. The molecule has 20 heavy (non-hydrogen) atoms. The summed E-state index contributed by atoms with van der Waals surface area (Å²) in [5.74, 6) is -0.684. The Balaban J connectivity index is 2.21. The van der Waals surface area contributed by atoms with Gasteiger partial charge in [-0.05, 0) is 24.3 Å². The van der Waals surface area contributed by atoms with Crippen LogP contribution in [0.3, 0.4) is 0 Å². The molecule has 1 aromatic heterocycles. The average molecular weight is 310 g/mol. The van der Waals surface area contributed by atoms with Gasteiger partial charge in [0.2, 0.25) is 12.3 Å². The molecule has 0 saturated carbocycles. The van der Waals surface area contributed by atoms with Crippen LogP contribution in [-0.4, -0.2) is 11.7 Å². The third-order valence-corrected chi connectivity index (χ3v) is 3.45. The Morgan fingerprint density at radius 1 is 1.10 bits per heavy atom. The quantitative estimate of drug-likeness (QED) is 0.695. The van der Waals surface area contributed by atoms with Gasteiger partial charge in [0.25, 0.3) is 5.91 Å². The summed E-state index contributed by atoms with van der Waals surface area (Å²) in [5, 5.41) is 0.722. The molecule has 2 N–H and O–H groups in total. The second-order valence-electron chi connectivity index (χ2n) is 4.18. The zero-order valence-corrected chi connectivity index (χ0v) is 11.9. The molecule has 2 rings (SSSR count). The normalized spacial score (nSPS) is 10.3. The summed E-state index contributed by atoms with van der Waals surface area (Å²) in [6, 6.07) is 7.94. The largest absolute Gasteiger partial charge is 0.365 e. The highest BCUT2D eigenvalue weighted by molar-refractivity contribution is 6.42. The van der Waals surface area contributed by atoms with Gasteiger partial charge in [0.15, 0.2) is 12.4 Å². The standard InChI is InChI=1S/C14H10Cl2N2O2/c15-11-4-3-9(6-12(11)16)13(19)8-18-5-1-2-10(7-18)14(17)20/h1-7H,8H2,(H-,17,20)/p+1. The van der Waals surface area contributed by atoms with Crippen LogP contribution >= 0.6 is 23.2 Å². The first-order valence-electron chi connectivity index (χ1n) is 5.74. The number of carbonyl (C=O) groups excluding carboxylic acids is 2. The second-order valence-corrected chi connectivity index (χ2v) is 5.00. The summed E-state index contributed by atoms with van der Waals surface area (Å²) in [4.78, 5) is 23.2. The van der Waals surface area contributed by atoms with Crippen LogP contribution in [0.1, 0.15) is 20.7 Å². The van der Waals surface area contributed by atoms with Gasteiger partial charge in [-0.2, -0.15) is 4.57 Å². The molecule has 0 radical (unpaired) electrons. The SMILES string of the molecule is NC(=O)c1ccc[n+](CC(=O)c2ccc(Cl)c(Cl)c2)c1. The Labute approximate surface area is 125 Å². The van der Waals surface area contributed by atoms with Crippen LogP contribution in [0, 0.1) is 0 Å². The van der Waals surface area contributed by atoms with Crippen molar-refractivity contribution in [3.63, 3.8) is 0 Å². The smallest absolute Gasteiger partial charge is 0.254 e. The van der Waals surface area contributed by atoms with Crippen molar-refractivity contribution < 1.29 is 14.2 Å². The molecule has 0 atom stereocenters. The molecule has 1 aromatic carbocycles. The van der Waals surface area contributed by atoms with Crippen molar-refractivity contribution in [2.45, 2.75) is 6.54 Å². The van der Waals surface area contributed by atoms with E-state index in [1.54, 1.807) is 35.0 Å². The van der Waals surface area contributed by atoms with Crippen molar-refractivity contribution in [1.82, 2.24) is 0 Å². The predicted octanol–water partition coefficient (Wildman–Crippen LogP) is 2.26. The van der Waals surface area contributed by atoms with Gasteiger partial charge in [0, 0.05) is 11.6 Å². The first-order chi connectivity index (χ1) is 9.47. The van der Waals surface area contributed by atoms with Crippen LogP contribution in [0.15, 0.2) is 42.7 Å². The van der Waals surface area contributed by atoms with Crippen molar-refractivity contribution in [3.8, 4) is 0 Å². The molecule has 0 bridgehead atoms. The van der Waals surface area contributed by atoms with Crippen LogP contribution in [-0.2, 0) is 6.54 Å². The molecule has 0 aliphatic rings. The van der Waals surface area contributed by atoms with Crippen LogP contribution in [0.4, 0.5) is 0 Å². The lowest BCUT2D eigenvalue weighted by Gasteiger charge is -2.01. The Bertz CT molecular complexity index is 687. The highest BCUT2D eigenvalue weighted by Gasteiger charge is 2.15. The number of benzene rings is 1. The van der Waals surface area contributed by atoms with Crippen molar-refractivity contribution in [1.29, 1.82) is 0 Å². The van der Waals surface area contributed by atoms with Crippen molar-refractivity contribution in [2.24, 2.45) is 5.73 Å². The van der Waals surface area contributed by atoms with Gasteiger partial charge in [-0.1, -0.05) is 23.2 Å². The summed E-state index contributed by atoms with van der Waals surface area (Å²) < 4.78 is 1.59. The van der Waals surface area contributed by atoms with Crippen LogP contribution in [0.5, 0.6) is 0 Å². The number of amides is 1. The van der Waals surface area contributed by atoms with E-state index in [-0.39, 0.29) is 12.3 Å². The number of hydrogen-bond acceptors (Lipinski definition) is 2. The van der Waals surface area contributed by atoms with Gasteiger partial charge < -0.3 is 5.73 Å². The van der Waals surface area contributed by atoms with Gasteiger partial charge in [-0.25, -0.2) is 0 Å². The molecule has 2 aromatic rings. The van der Waals surface area contributed by atoms with E-state index in [1.807, 2.05) is 0 Å². The summed E-state index contributed by atoms with van der Waals surface area (Å²) >= 11 is 11.7. The second kappa shape index (κ2) is 6.03. The molecule has 0 fully saturated rings. The predicted molar refractivity (Wildman–Crippen MR) is 75.9 cm³/mol. The molecule has 0 unspecified atom stereocenters. The molecule has 1 amide bonds. The minimum atomic E-state index is -0.540. The van der Waals surface area contributed by atoms with Gasteiger partial charge in [-0.15, -0.1) is 0 Å². The summed E-state index contributed by atoms with van der Waals surface area (Å²) in [5.41, 5.74) is 5.99. The van der Waals surface area contributed by atoms with Gasteiger partial charge in [-0.3, -0.25) is 9.59 Å². The maximum Gasteiger partial charge on any atom is 0.254 e. The summed E-state index contributed by atoms with van der Waals surface area (Å²) in [6.07, 6.45) is 3.21. The Hall–Kier alpha value is -1.91. The number of pyridine rings is 1. The number of ketones is 1. The van der Waals surface area contributed by atoms with E-state index in [4.69, 9.17) is 28.9 Å². The van der Waals surface area contributed by atoms with Crippen molar-refractivity contribution in [2.75, 3.05) is 0 Å². The van der Waals surface area contributed by atoms with Crippen molar-refractivity contribution >= 4 is 34.9 Å². The minimum absolute atomic E-state index is 0.0824. The molecule has 0 saturated heterocycles. The van der Waals surface area contributed by atoms with E-state index in [0.717, 1.165) is 0 Å². The minimum Gasteiger partial charge on any atom is -0.365 e. The Morgan fingerprint density at radius 3 is 2.50 bits per heavy atom. The van der Waals surface area contributed by atoms with E-state index >= 15 is 0 Å². The van der Waals surface area contributed by atoms with Crippen molar-refractivity contribution in [3.05, 3.63) is 63.9 Å². The topological polar surface area (TPSA) is 64.0 Å². The number of halogens is 2. The van der Waals surface area contributed by atoms with Crippen LogP contribution in [0.2, 0.25) is 10.0 Å². The summed E-state index contributed by atoms with van der Waals surface area (Å²) in [7, 11) is 0. The van der Waals surface area contributed by atoms with Crippen LogP contribution < -0.4 is 10.3 Å². The fourth-order valence-corrected chi connectivity index (χ4v) is 1.99. The van der Waals surface area contributed by atoms with E-state index in [9.17, 15) is 9.59 Å². The zero-order valence-electron chi connectivity index (χ0n) is 10.3. The lowest BCUT2D eigenvalue weighted by atomic mass is 10.1. The molecule has 0 spiro atoms. The maximum absolute atomic E-state index is 12.1. The number of carbonyl (C=O) groups is 2. The first-order valence-corrected chi connectivity index (χ1v) is 6.50. The number of aromatic nitrogens is 1. The third kappa shape index (κ3) is 3.35. The molecule has 0 aliphatic heterocycles. The van der Waals surface area contributed by atoms with E-state index in [2.05, 4.69) is 0 Å². The van der Waals surface area contributed by atoms with Gasteiger partial charge in [0.1, 0.15) is 5.56 Å². The number of rotatable bonds is 4. The number of primary amides is 1. The monoisotopic (exact) mass is 309 g/mol. The molecule has 4 nitrogen and oxygen atoms in total. The van der Waals surface area contributed by atoms with E-state index < -0.39 is 5.91 Å². The van der Waals surface area contributed by atoms with Crippen LogP contribution in [0.25, 0.3) is 0 Å². The average Bonchev–Trinajstić information content (AvgIpc) is 2.42. The fourth-order valence-electron chi connectivity index (χ4n) is 1.69. The molecular formula is C14H11Cl2N2O2+. The highest BCUT2D eigenvalue weighted by Crippen LogP contribution is 2.22. The summed E-state index contributed by atoms with van der Waals surface area (Å²) in [6.45, 7) is 0.0824. The zero-order chi connectivity index (χ0) is 14.7. The molecule has 6 heteroatoms. The molecular weight excluding hydrogens is 299 g/mol. The number of hydrogen-bond donors (Lipinski definition) is 1. The van der Waals surface area contributed by atoms with Gasteiger partial charge in [0.05, 0.1) is 10.0 Å². The lowest BCUT2D eigenvalue weighted by molar-refractivity contribution is -0.683. The number of nitrogens with zero attached hydrogens (tertiary/aromatic N) is 1. The Kier molecular flexibility index (Phi) is 4.37. The number of nitrogens with two attached hydrogens (primary N) is 1. The van der Waals surface area contributed by atoms with E-state index in [0.29, 0.717) is 21.2 Å². The third-order valence-electron chi connectivity index (χ3n) is 2.71. The lowest BCUT2D eigenvalue weighted by Crippen LogP contribution is -2.38.